The van der Waals surface area contributed by atoms with Crippen molar-refractivity contribution in [1.82, 2.24) is 9.80 Å². The molecule has 0 bridgehead atoms. The molecule has 3 aliphatic rings. The fourth-order valence-corrected chi connectivity index (χ4v) is 3.16. The Kier molecular flexibility index (Phi) is 2.40. The molecular weight excluding hydrogens is 228 g/mol. The second kappa shape index (κ2) is 3.78. The molecule has 2 saturated heterocycles. The highest BCUT2D eigenvalue weighted by Gasteiger charge is 2.45. The van der Waals surface area contributed by atoms with Crippen LogP contribution in [0.15, 0.2) is 11.1 Å². The molecule has 6 heteroatoms. The largest absolute Gasteiger partial charge is 0.378 e. The Morgan fingerprint density at radius 1 is 1.44 bits per heavy atom. The van der Waals surface area contributed by atoms with Crippen LogP contribution in [0.4, 0.5) is 0 Å². The first-order valence-corrected chi connectivity index (χ1v) is 6.26. The number of hydrogen-bond acceptors (Lipinski definition) is 4. The van der Waals surface area contributed by atoms with Crippen molar-refractivity contribution < 1.29 is 14.3 Å². The molecule has 0 unspecified atom stereocenters. The normalized spacial score (nSPS) is 28.6. The molecule has 3 rings (SSSR count). The van der Waals surface area contributed by atoms with Gasteiger partial charge in [0.25, 0.3) is 5.91 Å². The zero-order valence-electron chi connectivity index (χ0n) is 8.72. The topological polar surface area (TPSA) is 49.9 Å². The molecule has 0 aliphatic carbocycles. The average molecular weight is 240 g/mol. The standard InChI is InChI=1S/C10H12N2O3S/c13-8-5-9-12(8)7(6-16-9)10(14)11-1-3-15-4-2-11/h6,9H,1-5H2/t9-/m1/s1. The Hall–Kier alpha value is -1.01. The lowest BCUT2D eigenvalue weighted by Gasteiger charge is -2.37. The second-order valence-electron chi connectivity index (χ2n) is 3.97. The Labute approximate surface area is 97.4 Å². The van der Waals surface area contributed by atoms with E-state index in [2.05, 4.69) is 0 Å². The van der Waals surface area contributed by atoms with Crippen molar-refractivity contribution in [3.8, 4) is 0 Å². The predicted octanol–water partition coefficient (Wildman–Crippen LogP) is -0.00820. The van der Waals surface area contributed by atoms with E-state index >= 15 is 0 Å². The zero-order valence-corrected chi connectivity index (χ0v) is 9.53. The first-order valence-electron chi connectivity index (χ1n) is 5.32. The summed E-state index contributed by atoms with van der Waals surface area (Å²) in [6, 6.07) is 0. The average Bonchev–Trinajstić information content (AvgIpc) is 2.66. The quantitative estimate of drug-likeness (QED) is 0.605. The van der Waals surface area contributed by atoms with Gasteiger partial charge in [0, 0.05) is 18.5 Å². The molecule has 0 aromatic rings. The minimum absolute atomic E-state index is 0.0358. The van der Waals surface area contributed by atoms with Crippen molar-refractivity contribution in [3.05, 3.63) is 11.1 Å². The summed E-state index contributed by atoms with van der Waals surface area (Å²) in [4.78, 5) is 26.9. The minimum atomic E-state index is -0.0358. The molecule has 86 valence electrons. The van der Waals surface area contributed by atoms with Crippen LogP contribution in [-0.4, -0.2) is 53.3 Å². The van der Waals surface area contributed by atoms with E-state index in [0.29, 0.717) is 38.4 Å². The summed E-state index contributed by atoms with van der Waals surface area (Å²) in [7, 11) is 0. The van der Waals surface area contributed by atoms with Gasteiger partial charge in [-0.3, -0.25) is 14.5 Å². The van der Waals surface area contributed by atoms with E-state index in [1.807, 2.05) is 5.41 Å². The molecule has 0 aromatic heterocycles. The first-order chi connectivity index (χ1) is 7.77. The number of ether oxygens (including phenoxy) is 1. The number of rotatable bonds is 1. The van der Waals surface area contributed by atoms with Gasteiger partial charge in [0.1, 0.15) is 5.70 Å². The van der Waals surface area contributed by atoms with Crippen molar-refractivity contribution in [1.29, 1.82) is 0 Å². The van der Waals surface area contributed by atoms with Gasteiger partial charge in [0.15, 0.2) is 0 Å². The molecule has 3 heterocycles. The van der Waals surface area contributed by atoms with Crippen molar-refractivity contribution in [2.45, 2.75) is 11.8 Å². The number of carbonyl (C=O) groups is 2. The fourth-order valence-electron chi connectivity index (χ4n) is 2.07. The van der Waals surface area contributed by atoms with Crippen LogP contribution in [0.2, 0.25) is 0 Å². The summed E-state index contributed by atoms with van der Waals surface area (Å²) in [6.45, 7) is 2.41. The highest BCUT2D eigenvalue weighted by atomic mass is 32.2. The fraction of sp³-hybridized carbons (Fsp3) is 0.600. The van der Waals surface area contributed by atoms with Gasteiger partial charge in [-0.25, -0.2) is 0 Å². The summed E-state index contributed by atoms with van der Waals surface area (Å²) in [5, 5.41) is 1.99. The number of β-lactam (4-membered cyclic amide) rings is 1. The van der Waals surface area contributed by atoms with Crippen LogP contribution in [0, 0.1) is 0 Å². The molecule has 5 nitrogen and oxygen atoms in total. The van der Waals surface area contributed by atoms with Gasteiger partial charge < -0.3 is 9.64 Å². The highest BCUT2D eigenvalue weighted by molar-refractivity contribution is 8.03. The third-order valence-electron chi connectivity index (χ3n) is 3.02. The highest BCUT2D eigenvalue weighted by Crippen LogP contribution is 2.41. The predicted molar refractivity (Wildman–Crippen MR) is 58.3 cm³/mol. The number of carbonyl (C=O) groups excluding carboxylic acids is 2. The molecule has 0 radical (unpaired) electrons. The molecule has 0 spiro atoms. The Balaban J connectivity index is 1.72. The van der Waals surface area contributed by atoms with Gasteiger partial charge in [-0.15, -0.1) is 11.8 Å². The van der Waals surface area contributed by atoms with Crippen LogP contribution >= 0.6 is 11.8 Å². The van der Waals surface area contributed by atoms with Crippen molar-refractivity contribution in [2.24, 2.45) is 0 Å². The molecule has 0 N–H and O–H groups in total. The first kappa shape index (κ1) is 10.2. The van der Waals surface area contributed by atoms with Crippen LogP contribution in [0.25, 0.3) is 0 Å². The molecular formula is C10H12N2O3S. The van der Waals surface area contributed by atoms with E-state index in [-0.39, 0.29) is 17.2 Å². The molecule has 16 heavy (non-hydrogen) atoms. The van der Waals surface area contributed by atoms with Crippen LogP contribution in [0.5, 0.6) is 0 Å². The number of amides is 2. The zero-order chi connectivity index (χ0) is 11.1. The Morgan fingerprint density at radius 3 is 2.88 bits per heavy atom. The van der Waals surface area contributed by atoms with E-state index in [1.165, 1.54) is 0 Å². The van der Waals surface area contributed by atoms with E-state index < -0.39 is 0 Å². The maximum absolute atomic E-state index is 12.1. The van der Waals surface area contributed by atoms with E-state index in [0.717, 1.165) is 0 Å². The lowest BCUT2D eigenvalue weighted by molar-refractivity contribution is -0.144. The maximum Gasteiger partial charge on any atom is 0.271 e. The minimum Gasteiger partial charge on any atom is -0.378 e. The number of hydrogen-bond donors (Lipinski definition) is 0. The SMILES string of the molecule is O=C(C1=CS[C@@H]2CC(=O)N12)N1CCOCC1. The molecule has 2 fully saturated rings. The summed E-state index contributed by atoms with van der Waals surface area (Å²) in [6.07, 6.45) is 0.557. The molecule has 3 aliphatic heterocycles. The summed E-state index contributed by atoms with van der Waals surface area (Å²) in [5.41, 5.74) is 0.549. The van der Waals surface area contributed by atoms with E-state index in [1.54, 1.807) is 21.6 Å². The Morgan fingerprint density at radius 2 is 2.19 bits per heavy atom. The van der Waals surface area contributed by atoms with E-state index in [4.69, 9.17) is 4.74 Å². The van der Waals surface area contributed by atoms with Gasteiger partial charge in [-0.2, -0.15) is 0 Å². The van der Waals surface area contributed by atoms with Crippen molar-refractivity contribution >= 4 is 23.6 Å². The van der Waals surface area contributed by atoms with Crippen LogP contribution in [0.1, 0.15) is 6.42 Å². The summed E-state index contributed by atoms with van der Waals surface area (Å²) < 4.78 is 5.20. The monoisotopic (exact) mass is 240 g/mol. The third-order valence-corrected chi connectivity index (χ3v) is 4.07. The maximum atomic E-state index is 12.1. The lowest BCUT2D eigenvalue weighted by Crippen LogP contribution is -2.52. The van der Waals surface area contributed by atoms with Crippen molar-refractivity contribution in [2.75, 3.05) is 26.3 Å². The molecule has 1 atom stereocenters. The molecule has 2 amide bonds. The van der Waals surface area contributed by atoms with Crippen LogP contribution < -0.4 is 0 Å². The molecule has 0 aromatic carbocycles. The number of thioether (sulfide) groups is 1. The lowest BCUT2D eigenvalue weighted by atomic mass is 10.1. The Bertz CT molecular complexity index is 376. The number of morpholine rings is 1. The summed E-state index contributed by atoms with van der Waals surface area (Å²) in [5.74, 6) is 0.0224. The van der Waals surface area contributed by atoms with Gasteiger partial charge in [-0.05, 0) is 0 Å². The van der Waals surface area contributed by atoms with Gasteiger partial charge in [0.2, 0.25) is 5.91 Å². The van der Waals surface area contributed by atoms with E-state index in [9.17, 15) is 9.59 Å². The smallest absolute Gasteiger partial charge is 0.271 e. The second-order valence-corrected chi connectivity index (χ2v) is 5.02. The summed E-state index contributed by atoms with van der Waals surface area (Å²) >= 11 is 1.56. The van der Waals surface area contributed by atoms with Crippen LogP contribution in [-0.2, 0) is 14.3 Å². The number of nitrogens with zero attached hydrogens (tertiary/aromatic N) is 2. The van der Waals surface area contributed by atoms with Crippen LogP contribution in [0.3, 0.4) is 0 Å². The molecule has 0 saturated carbocycles. The van der Waals surface area contributed by atoms with Gasteiger partial charge in [-0.1, -0.05) is 0 Å². The van der Waals surface area contributed by atoms with Crippen molar-refractivity contribution in [3.63, 3.8) is 0 Å². The number of fused-ring (bicyclic) bond motifs is 1. The third kappa shape index (κ3) is 1.44. The van der Waals surface area contributed by atoms with Gasteiger partial charge in [0.05, 0.1) is 25.0 Å². The van der Waals surface area contributed by atoms with Gasteiger partial charge >= 0.3 is 0 Å².